The smallest absolute Gasteiger partial charge is 0.315 e. The predicted molar refractivity (Wildman–Crippen MR) is 75.9 cm³/mol. The van der Waals surface area contributed by atoms with E-state index in [0.717, 1.165) is 18.4 Å². The largest absolute Gasteiger partial charge is 0.336 e. The Bertz CT molecular complexity index is 395. The van der Waals surface area contributed by atoms with Crippen molar-refractivity contribution in [3.05, 3.63) is 34.9 Å². The number of halogens is 1. The molecule has 1 aromatic carbocycles. The molecule has 0 saturated heterocycles. The summed E-state index contributed by atoms with van der Waals surface area (Å²) in [6.07, 6.45) is 2.05. The highest BCUT2D eigenvalue weighted by molar-refractivity contribution is 6.30. The second-order valence-corrected chi connectivity index (χ2v) is 5.02. The Morgan fingerprint density at radius 2 is 2.06 bits per heavy atom. The van der Waals surface area contributed by atoms with Crippen LogP contribution in [0.4, 0.5) is 4.79 Å². The van der Waals surface area contributed by atoms with Gasteiger partial charge in [0.15, 0.2) is 0 Å². The van der Waals surface area contributed by atoms with Crippen molar-refractivity contribution in [1.29, 1.82) is 0 Å². The molecule has 0 unspecified atom stereocenters. The van der Waals surface area contributed by atoms with Crippen LogP contribution < -0.4 is 10.6 Å². The van der Waals surface area contributed by atoms with Crippen LogP contribution in [0.5, 0.6) is 0 Å². The maximum Gasteiger partial charge on any atom is 0.315 e. The molecule has 0 radical (unpaired) electrons. The third kappa shape index (κ3) is 4.96. The van der Waals surface area contributed by atoms with Gasteiger partial charge in [-0.15, -0.1) is 0 Å². The third-order valence-electron chi connectivity index (χ3n) is 2.80. The van der Waals surface area contributed by atoms with Crippen LogP contribution in [0.3, 0.4) is 0 Å². The lowest BCUT2D eigenvalue weighted by Gasteiger charge is -2.18. The summed E-state index contributed by atoms with van der Waals surface area (Å²) < 4.78 is 0. The summed E-state index contributed by atoms with van der Waals surface area (Å²) in [5.41, 5.74) is 1.00. The number of urea groups is 1. The van der Waals surface area contributed by atoms with E-state index in [0.29, 0.717) is 5.02 Å². The van der Waals surface area contributed by atoms with Gasteiger partial charge in [-0.3, -0.25) is 0 Å². The van der Waals surface area contributed by atoms with Crippen LogP contribution in [0.15, 0.2) is 24.3 Å². The lowest BCUT2D eigenvalue weighted by atomic mass is 10.1. The Morgan fingerprint density at radius 1 is 1.33 bits per heavy atom. The number of hydrogen-bond acceptors (Lipinski definition) is 1. The molecule has 3 nitrogen and oxygen atoms in total. The van der Waals surface area contributed by atoms with Crippen molar-refractivity contribution in [2.24, 2.45) is 0 Å². The number of rotatable bonds is 5. The standard InChI is InChI=1S/C14H21ClN2O/c1-4-6-10(2)16-14(18)17-11(3)12-7-5-8-13(15)9-12/h5,7-11H,4,6H2,1-3H3,(H2,16,17,18)/t10-,11-/m1/s1. The van der Waals surface area contributed by atoms with Crippen molar-refractivity contribution in [1.82, 2.24) is 10.6 Å². The minimum atomic E-state index is -0.136. The van der Waals surface area contributed by atoms with Gasteiger partial charge in [0.2, 0.25) is 0 Å². The highest BCUT2D eigenvalue weighted by atomic mass is 35.5. The Labute approximate surface area is 114 Å². The first-order valence-corrected chi connectivity index (χ1v) is 6.73. The molecule has 1 aromatic rings. The average Bonchev–Trinajstić information content (AvgIpc) is 2.28. The first-order valence-electron chi connectivity index (χ1n) is 6.35. The maximum atomic E-state index is 11.7. The van der Waals surface area contributed by atoms with Crippen LogP contribution in [0.25, 0.3) is 0 Å². The summed E-state index contributed by atoms with van der Waals surface area (Å²) in [6, 6.07) is 7.52. The molecular weight excluding hydrogens is 248 g/mol. The number of carbonyl (C=O) groups is 1. The van der Waals surface area contributed by atoms with E-state index >= 15 is 0 Å². The maximum absolute atomic E-state index is 11.7. The van der Waals surface area contributed by atoms with Crippen LogP contribution in [0.2, 0.25) is 5.02 Å². The summed E-state index contributed by atoms with van der Waals surface area (Å²) >= 11 is 5.92. The number of amides is 2. The van der Waals surface area contributed by atoms with Gasteiger partial charge < -0.3 is 10.6 Å². The molecule has 2 atom stereocenters. The minimum Gasteiger partial charge on any atom is -0.336 e. The second-order valence-electron chi connectivity index (χ2n) is 4.58. The zero-order valence-electron chi connectivity index (χ0n) is 11.2. The molecule has 2 amide bonds. The Morgan fingerprint density at radius 3 is 2.67 bits per heavy atom. The minimum absolute atomic E-state index is 0.0578. The fraction of sp³-hybridized carbons (Fsp3) is 0.500. The highest BCUT2D eigenvalue weighted by Crippen LogP contribution is 2.17. The van der Waals surface area contributed by atoms with Gasteiger partial charge in [-0.2, -0.15) is 0 Å². The zero-order valence-corrected chi connectivity index (χ0v) is 11.9. The third-order valence-corrected chi connectivity index (χ3v) is 3.03. The number of nitrogens with one attached hydrogen (secondary N) is 2. The van der Waals surface area contributed by atoms with E-state index in [1.165, 1.54) is 0 Å². The van der Waals surface area contributed by atoms with Crippen LogP contribution in [0, 0.1) is 0 Å². The van der Waals surface area contributed by atoms with Crippen LogP contribution >= 0.6 is 11.6 Å². The van der Waals surface area contributed by atoms with E-state index in [1.807, 2.05) is 38.1 Å². The van der Waals surface area contributed by atoms with Crippen molar-refractivity contribution in [2.45, 2.75) is 45.7 Å². The van der Waals surface area contributed by atoms with Crippen LogP contribution in [-0.2, 0) is 0 Å². The van der Waals surface area contributed by atoms with Crippen molar-refractivity contribution >= 4 is 17.6 Å². The monoisotopic (exact) mass is 268 g/mol. The number of benzene rings is 1. The first-order chi connectivity index (χ1) is 8.52. The molecular formula is C14H21ClN2O. The van der Waals surface area contributed by atoms with Crippen LogP contribution in [-0.4, -0.2) is 12.1 Å². The first kappa shape index (κ1) is 14.8. The van der Waals surface area contributed by atoms with E-state index in [1.54, 1.807) is 0 Å². The summed E-state index contributed by atoms with van der Waals surface area (Å²) in [5.74, 6) is 0. The van der Waals surface area contributed by atoms with Gasteiger partial charge in [0.05, 0.1) is 6.04 Å². The molecule has 0 aliphatic heterocycles. The molecule has 4 heteroatoms. The van der Waals surface area contributed by atoms with Gasteiger partial charge >= 0.3 is 6.03 Å². The second kappa shape index (κ2) is 7.27. The molecule has 1 rings (SSSR count). The SMILES string of the molecule is CCC[C@@H](C)NC(=O)N[C@H](C)c1cccc(Cl)c1. The molecule has 0 bridgehead atoms. The van der Waals surface area contributed by atoms with Gasteiger partial charge in [-0.25, -0.2) is 4.79 Å². The Kier molecular flexibility index (Phi) is 5.99. The molecule has 0 heterocycles. The molecule has 0 aliphatic carbocycles. The molecule has 0 saturated carbocycles. The molecule has 0 aromatic heterocycles. The quantitative estimate of drug-likeness (QED) is 0.836. The normalized spacial score (nSPS) is 13.8. The van der Waals surface area contributed by atoms with Gasteiger partial charge in [-0.05, 0) is 38.0 Å². The molecule has 0 fully saturated rings. The molecule has 100 valence electrons. The molecule has 18 heavy (non-hydrogen) atoms. The lowest BCUT2D eigenvalue weighted by Crippen LogP contribution is -2.41. The molecule has 0 spiro atoms. The number of carbonyl (C=O) groups excluding carboxylic acids is 1. The van der Waals surface area contributed by atoms with E-state index < -0.39 is 0 Å². The van der Waals surface area contributed by atoms with Gasteiger partial charge in [0.1, 0.15) is 0 Å². The summed E-state index contributed by atoms with van der Waals surface area (Å²) in [5, 5.41) is 6.50. The number of hydrogen-bond donors (Lipinski definition) is 2. The van der Waals surface area contributed by atoms with E-state index in [9.17, 15) is 4.79 Å². The fourth-order valence-electron chi connectivity index (χ4n) is 1.83. The summed E-state index contributed by atoms with van der Waals surface area (Å²) in [4.78, 5) is 11.7. The van der Waals surface area contributed by atoms with E-state index in [-0.39, 0.29) is 18.1 Å². The zero-order chi connectivity index (χ0) is 13.5. The van der Waals surface area contributed by atoms with Crippen LogP contribution in [0.1, 0.15) is 45.2 Å². The van der Waals surface area contributed by atoms with Gasteiger partial charge in [0, 0.05) is 11.1 Å². The Balaban J connectivity index is 2.49. The molecule has 2 N–H and O–H groups in total. The average molecular weight is 269 g/mol. The Hall–Kier alpha value is -1.22. The highest BCUT2D eigenvalue weighted by Gasteiger charge is 2.11. The summed E-state index contributed by atoms with van der Waals surface area (Å²) in [7, 11) is 0. The van der Waals surface area contributed by atoms with Gasteiger partial charge in [-0.1, -0.05) is 37.1 Å². The van der Waals surface area contributed by atoms with E-state index in [2.05, 4.69) is 17.6 Å². The molecule has 0 aliphatic rings. The van der Waals surface area contributed by atoms with Crippen molar-refractivity contribution in [2.75, 3.05) is 0 Å². The lowest BCUT2D eigenvalue weighted by molar-refractivity contribution is 0.234. The summed E-state index contributed by atoms with van der Waals surface area (Å²) in [6.45, 7) is 6.05. The van der Waals surface area contributed by atoms with Crippen molar-refractivity contribution in [3.8, 4) is 0 Å². The van der Waals surface area contributed by atoms with E-state index in [4.69, 9.17) is 11.6 Å². The topological polar surface area (TPSA) is 41.1 Å². The fourth-order valence-corrected chi connectivity index (χ4v) is 2.03. The van der Waals surface area contributed by atoms with Crippen molar-refractivity contribution in [3.63, 3.8) is 0 Å². The predicted octanol–water partition coefficient (Wildman–Crippen LogP) is 3.89. The van der Waals surface area contributed by atoms with Crippen molar-refractivity contribution < 1.29 is 4.79 Å². The van der Waals surface area contributed by atoms with Gasteiger partial charge in [0.25, 0.3) is 0 Å².